The zero-order valence-electron chi connectivity index (χ0n) is 10.1. The van der Waals surface area contributed by atoms with Gasteiger partial charge < -0.3 is 10.5 Å². The van der Waals surface area contributed by atoms with Crippen molar-refractivity contribution in [2.75, 3.05) is 18.2 Å². The minimum Gasteiger partial charge on any atom is -0.481 e. The average molecular weight is 279 g/mol. The molecule has 1 aromatic carbocycles. The average Bonchev–Trinajstić information content (AvgIpc) is 2.38. The van der Waals surface area contributed by atoms with Crippen molar-refractivity contribution in [2.24, 2.45) is 0 Å². The van der Waals surface area contributed by atoms with E-state index >= 15 is 0 Å². The number of hydrogen-bond acceptors (Lipinski definition) is 5. The number of methoxy groups -OCH3 is 1. The van der Waals surface area contributed by atoms with E-state index in [0.29, 0.717) is 11.3 Å². The van der Waals surface area contributed by atoms with E-state index in [1.807, 2.05) is 0 Å². The van der Waals surface area contributed by atoms with E-state index in [0.717, 1.165) is 0 Å². The maximum absolute atomic E-state index is 11.9. The molecular weight excluding hydrogens is 268 g/mol. The molecule has 1 amide bonds. The highest BCUT2D eigenvalue weighted by molar-refractivity contribution is 6.29. The van der Waals surface area contributed by atoms with Gasteiger partial charge in [-0.25, -0.2) is 4.98 Å². The first kappa shape index (κ1) is 13.1. The number of nitrogen functional groups attached to an aromatic ring is 1. The first-order valence-electron chi connectivity index (χ1n) is 5.34. The highest BCUT2D eigenvalue weighted by atomic mass is 35.5. The van der Waals surface area contributed by atoms with Crippen LogP contribution in [0, 0.1) is 0 Å². The highest BCUT2D eigenvalue weighted by Crippen LogP contribution is 2.16. The second-order valence-electron chi connectivity index (χ2n) is 3.64. The van der Waals surface area contributed by atoms with E-state index in [1.165, 1.54) is 13.2 Å². The van der Waals surface area contributed by atoms with Gasteiger partial charge in [0, 0.05) is 17.3 Å². The van der Waals surface area contributed by atoms with E-state index in [-0.39, 0.29) is 22.9 Å². The molecule has 0 radical (unpaired) electrons. The van der Waals surface area contributed by atoms with Gasteiger partial charge in [0.1, 0.15) is 5.15 Å². The van der Waals surface area contributed by atoms with Gasteiger partial charge in [0.25, 0.3) is 5.91 Å². The van der Waals surface area contributed by atoms with Gasteiger partial charge >= 0.3 is 0 Å². The fourth-order valence-corrected chi connectivity index (χ4v) is 1.58. The zero-order valence-corrected chi connectivity index (χ0v) is 10.8. The fraction of sp³-hybridized carbons (Fsp3) is 0.0833. The number of nitrogens with two attached hydrogens (primary N) is 1. The molecule has 0 fully saturated rings. The van der Waals surface area contributed by atoms with Crippen LogP contribution in [0.5, 0.6) is 5.88 Å². The maximum atomic E-state index is 11.9. The lowest BCUT2D eigenvalue weighted by Gasteiger charge is -2.06. The molecule has 98 valence electrons. The number of hydrogen-bond donors (Lipinski definition) is 2. The van der Waals surface area contributed by atoms with Crippen molar-refractivity contribution in [3.63, 3.8) is 0 Å². The molecule has 0 aliphatic carbocycles. The molecule has 7 heteroatoms. The molecule has 0 spiro atoms. The van der Waals surface area contributed by atoms with Crippen LogP contribution in [0.4, 0.5) is 11.6 Å². The largest absolute Gasteiger partial charge is 0.481 e. The molecule has 0 aliphatic rings. The summed E-state index contributed by atoms with van der Waals surface area (Å²) in [5.74, 6) is -0.0451. The van der Waals surface area contributed by atoms with Crippen molar-refractivity contribution in [2.45, 2.75) is 0 Å². The quantitative estimate of drug-likeness (QED) is 0.662. The lowest BCUT2D eigenvalue weighted by molar-refractivity contribution is 0.102. The van der Waals surface area contributed by atoms with Gasteiger partial charge in [0.05, 0.1) is 7.11 Å². The number of aromatic nitrogens is 2. The normalized spacial score (nSPS) is 10.0. The van der Waals surface area contributed by atoms with Crippen LogP contribution in [0.15, 0.2) is 30.3 Å². The van der Waals surface area contributed by atoms with Crippen molar-refractivity contribution in [3.05, 3.63) is 41.0 Å². The number of ether oxygens (including phenoxy) is 1. The molecule has 0 aliphatic heterocycles. The second kappa shape index (κ2) is 5.53. The molecule has 19 heavy (non-hydrogen) atoms. The number of halogens is 1. The summed E-state index contributed by atoms with van der Waals surface area (Å²) in [6, 6.07) is 8.00. The van der Waals surface area contributed by atoms with Crippen LogP contribution in [-0.4, -0.2) is 23.0 Å². The van der Waals surface area contributed by atoms with Gasteiger partial charge in [-0.05, 0) is 18.2 Å². The summed E-state index contributed by atoms with van der Waals surface area (Å²) in [7, 11) is 1.45. The molecule has 2 aromatic rings. The number of rotatable bonds is 3. The Morgan fingerprint density at radius 2 is 2.16 bits per heavy atom. The van der Waals surface area contributed by atoms with Crippen LogP contribution in [0.2, 0.25) is 5.15 Å². The van der Waals surface area contributed by atoms with E-state index in [9.17, 15) is 4.79 Å². The molecule has 1 aromatic heterocycles. The fourth-order valence-electron chi connectivity index (χ4n) is 1.41. The molecule has 0 bridgehead atoms. The smallest absolute Gasteiger partial charge is 0.258 e. The molecule has 2 rings (SSSR count). The Morgan fingerprint density at radius 1 is 1.37 bits per heavy atom. The topological polar surface area (TPSA) is 90.1 Å². The first-order valence-corrected chi connectivity index (χ1v) is 5.72. The molecule has 6 nitrogen and oxygen atoms in total. The van der Waals surface area contributed by atoms with Gasteiger partial charge in [0.2, 0.25) is 11.8 Å². The van der Waals surface area contributed by atoms with Crippen LogP contribution in [0.3, 0.4) is 0 Å². The second-order valence-corrected chi connectivity index (χ2v) is 4.02. The standard InChI is InChI=1S/C12H11ClN4O2/c1-19-10-6-9(13)15-12(16-10)17-11(18)7-3-2-4-8(14)5-7/h2-6H,14H2,1H3,(H,15,16,17,18). The summed E-state index contributed by atoms with van der Waals surface area (Å²) < 4.78 is 4.94. The van der Waals surface area contributed by atoms with Crippen molar-refractivity contribution >= 4 is 29.1 Å². The molecule has 1 heterocycles. The summed E-state index contributed by atoms with van der Waals surface area (Å²) in [6.07, 6.45) is 0. The Balaban J connectivity index is 2.21. The van der Waals surface area contributed by atoms with E-state index < -0.39 is 0 Å². The third-order valence-electron chi connectivity index (χ3n) is 2.25. The lowest BCUT2D eigenvalue weighted by Crippen LogP contribution is -2.14. The number of nitrogens with one attached hydrogen (secondary N) is 1. The van der Waals surface area contributed by atoms with Gasteiger partial charge in [-0.15, -0.1) is 0 Å². The van der Waals surface area contributed by atoms with Crippen LogP contribution in [-0.2, 0) is 0 Å². The first-order chi connectivity index (χ1) is 9.08. The SMILES string of the molecule is COc1cc(Cl)nc(NC(=O)c2cccc(N)c2)n1. The minimum absolute atomic E-state index is 0.0665. The van der Waals surface area contributed by atoms with Gasteiger partial charge in [-0.3, -0.25) is 10.1 Å². The number of benzene rings is 1. The molecule has 0 saturated carbocycles. The Bertz CT molecular complexity index is 618. The van der Waals surface area contributed by atoms with Gasteiger partial charge in [-0.1, -0.05) is 17.7 Å². The van der Waals surface area contributed by atoms with Crippen molar-refractivity contribution < 1.29 is 9.53 Å². The Hall–Kier alpha value is -2.34. The molecule has 0 saturated heterocycles. The van der Waals surface area contributed by atoms with E-state index in [4.69, 9.17) is 22.1 Å². The third-order valence-corrected chi connectivity index (χ3v) is 2.45. The van der Waals surface area contributed by atoms with Crippen LogP contribution in [0.1, 0.15) is 10.4 Å². The number of nitrogens with zero attached hydrogens (tertiary/aromatic N) is 2. The highest BCUT2D eigenvalue weighted by Gasteiger charge is 2.10. The Morgan fingerprint density at radius 3 is 2.84 bits per heavy atom. The molecule has 0 unspecified atom stereocenters. The predicted octanol–water partition coefficient (Wildman–Crippen LogP) is 1.97. The molecule has 3 N–H and O–H groups in total. The van der Waals surface area contributed by atoms with Crippen molar-refractivity contribution in [3.8, 4) is 5.88 Å². The Kier molecular flexibility index (Phi) is 3.82. The monoisotopic (exact) mass is 278 g/mol. The summed E-state index contributed by atoms with van der Waals surface area (Å²) >= 11 is 5.78. The third kappa shape index (κ3) is 3.32. The number of carbonyl (C=O) groups is 1. The minimum atomic E-state index is -0.378. The van der Waals surface area contributed by atoms with Gasteiger partial charge in [-0.2, -0.15) is 4.98 Å². The summed E-state index contributed by atoms with van der Waals surface area (Å²) in [5.41, 5.74) is 6.51. The van der Waals surface area contributed by atoms with Crippen LogP contribution in [0.25, 0.3) is 0 Å². The zero-order chi connectivity index (χ0) is 13.8. The van der Waals surface area contributed by atoms with Crippen molar-refractivity contribution in [1.82, 2.24) is 9.97 Å². The predicted molar refractivity (Wildman–Crippen MR) is 72.4 cm³/mol. The van der Waals surface area contributed by atoms with Gasteiger partial charge in [0.15, 0.2) is 0 Å². The van der Waals surface area contributed by atoms with E-state index in [2.05, 4.69) is 15.3 Å². The van der Waals surface area contributed by atoms with E-state index in [1.54, 1.807) is 24.3 Å². The van der Waals surface area contributed by atoms with Crippen LogP contribution >= 0.6 is 11.6 Å². The number of amides is 1. The molecule has 0 atom stereocenters. The maximum Gasteiger partial charge on any atom is 0.258 e. The van der Waals surface area contributed by atoms with Crippen LogP contribution < -0.4 is 15.8 Å². The number of anilines is 2. The number of carbonyl (C=O) groups excluding carboxylic acids is 1. The Labute approximate surface area is 114 Å². The molecular formula is C12H11ClN4O2. The van der Waals surface area contributed by atoms with Crippen molar-refractivity contribution in [1.29, 1.82) is 0 Å². The summed E-state index contributed by atoms with van der Waals surface area (Å²) in [4.78, 5) is 19.8. The lowest BCUT2D eigenvalue weighted by atomic mass is 10.2. The summed E-state index contributed by atoms with van der Waals surface area (Å²) in [5, 5.41) is 2.70. The summed E-state index contributed by atoms with van der Waals surface area (Å²) in [6.45, 7) is 0.